The first-order chi connectivity index (χ1) is 7.08. The molecule has 0 aliphatic heterocycles. The van der Waals surface area contributed by atoms with Crippen molar-refractivity contribution in [2.24, 2.45) is 5.73 Å². The average Bonchev–Trinajstić information content (AvgIpc) is 2.15. The van der Waals surface area contributed by atoms with Gasteiger partial charge in [-0.2, -0.15) is 0 Å². The highest BCUT2D eigenvalue weighted by Crippen LogP contribution is 2.24. The van der Waals surface area contributed by atoms with Gasteiger partial charge in [-0.05, 0) is 36.7 Å². The molecule has 0 aliphatic carbocycles. The number of benzene rings is 1. The second-order valence-corrected chi connectivity index (χ2v) is 4.10. The lowest BCUT2D eigenvalue weighted by Crippen LogP contribution is -2.09. The first-order valence-electron chi connectivity index (χ1n) is 4.46. The first-order valence-corrected chi connectivity index (χ1v) is 5.22. The van der Waals surface area contributed by atoms with Crippen molar-refractivity contribution in [3.63, 3.8) is 0 Å². The van der Waals surface area contributed by atoms with Gasteiger partial charge in [-0.25, -0.2) is 9.97 Å². The number of hydrogen-bond donors (Lipinski definition) is 1. The second kappa shape index (κ2) is 3.93. The fourth-order valence-electron chi connectivity index (χ4n) is 1.45. The van der Waals surface area contributed by atoms with E-state index in [9.17, 15) is 0 Å². The highest BCUT2D eigenvalue weighted by molar-refractivity contribution is 6.31. The Kier molecular flexibility index (Phi) is 2.78. The van der Waals surface area contributed by atoms with E-state index < -0.39 is 0 Å². The summed E-state index contributed by atoms with van der Waals surface area (Å²) >= 11 is 11.7. The fourth-order valence-corrected chi connectivity index (χ4v) is 1.79. The van der Waals surface area contributed by atoms with Crippen molar-refractivity contribution in [1.29, 1.82) is 0 Å². The third-order valence-electron chi connectivity index (χ3n) is 2.09. The molecule has 0 bridgehead atoms. The number of rotatable bonds is 1. The molecule has 1 aromatic heterocycles. The minimum Gasteiger partial charge on any atom is -0.323 e. The molecule has 1 unspecified atom stereocenters. The molecule has 2 aromatic rings. The minimum atomic E-state index is -0.186. The van der Waals surface area contributed by atoms with E-state index in [0.29, 0.717) is 5.02 Å². The molecule has 0 aliphatic rings. The van der Waals surface area contributed by atoms with Gasteiger partial charge in [0.25, 0.3) is 0 Å². The monoisotopic (exact) mass is 241 g/mol. The van der Waals surface area contributed by atoms with E-state index in [1.54, 1.807) is 12.1 Å². The standard InChI is InChI=1S/C10H9Cl2N3/c1-5(13)9-7-3-2-6(11)4-8(7)14-10(12)15-9/h2-5H,13H2,1H3. The maximum absolute atomic E-state index is 5.87. The molecular weight excluding hydrogens is 233 g/mol. The lowest BCUT2D eigenvalue weighted by Gasteiger charge is -2.08. The SMILES string of the molecule is CC(N)c1nc(Cl)nc2cc(Cl)ccc12. The van der Waals surface area contributed by atoms with Crippen LogP contribution in [0.25, 0.3) is 10.9 Å². The highest BCUT2D eigenvalue weighted by atomic mass is 35.5. The maximum atomic E-state index is 5.87. The molecule has 1 atom stereocenters. The van der Waals surface area contributed by atoms with Crippen molar-refractivity contribution in [3.05, 3.63) is 34.2 Å². The van der Waals surface area contributed by atoms with Crippen LogP contribution in [0.2, 0.25) is 10.3 Å². The molecule has 2 N–H and O–H groups in total. The van der Waals surface area contributed by atoms with Crippen molar-refractivity contribution in [3.8, 4) is 0 Å². The molecule has 0 saturated heterocycles. The molecule has 3 nitrogen and oxygen atoms in total. The summed E-state index contributed by atoms with van der Waals surface area (Å²) in [5.41, 5.74) is 7.26. The molecular formula is C10H9Cl2N3. The molecule has 0 amide bonds. The maximum Gasteiger partial charge on any atom is 0.223 e. The number of fused-ring (bicyclic) bond motifs is 1. The topological polar surface area (TPSA) is 51.8 Å². The van der Waals surface area contributed by atoms with Crippen LogP contribution >= 0.6 is 23.2 Å². The Bertz CT molecular complexity index is 506. The van der Waals surface area contributed by atoms with Crippen molar-refractivity contribution in [2.45, 2.75) is 13.0 Å². The number of aromatic nitrogens is 2. The van der Waals surface area contributed by atoms with Crippen LogP contribution in [0.1, 0.15) is 18.7 Å². The zero-order valence-corrected chi connectivity index (χ0v) is 9.55. The van der Waals surface area contributed by atoms with Crippen molar-refractivity contribution >= 4 is 34.1 Å². The van der Waals surface area contributed by atoms with Gasteiger partial charge in [0.05, 0.1) is 11.2 Å². The molecule has 0 spiro atoms. The van der Waals surface area contributed by atoms with Crippen molar-refractivity contribution < 1.29 is 0 Å². The molecule has 0 saturated carbocycles. The molecule has 2 rings (SSSR count). The molecule has 5 heteroatoms. The van der Waals surface area contributed by atoms with Crippen LogP contribution in [-0.4, -0.2) is 9.97 Å². The lowest BCUT2D eigenvalue weighted by molar-refractivity contribution is 0.787. The van der Waals surface area contributed by atoms with Gasteiger partial charge in [-0.1, -0.05) is 11.6 Å². The summed E-state index contributed by atoms with van der Waals surface area (Å²) in [4.78, 5) is 8.21. The van der Waals surface area contributed by atoms with Crippen LogP contribution in [0.3, 0.4) is 0 Å². The van der Waals surface area contributed by atoms with Crippen molar-refractivity contribution in [1.82, 2.24) is 9.97 Å². The zero-order chi connectivity index (χ0) is 11.0. The predicted molar refractivity (Wildman–Crippen MR) is 62.2 cm³/mol. The zero-order valence-electron chi connectivity index (χ0n) is 8.04. The van der Waals surface area contributed by atoms with Crippen LogP contribution in [0.4, 0.5) is 0 Å². The van der Waals surface area contributed by atoms with Gasteiger partial charge >= 0.3 is 0 Å². The number of hydrogen-bond acceptors (Lipinski definition) is 3. The van der Waals surface area contributed by atoms with Crippen LogP contribution in [0.5, 0.6) is 0 Å². The Balaban J connectivity index is 2.80. The van der Waals surface area contributed by atoms with Crippen LogP contribution < -0.4 is 5.73 Å². The summed E-state index contributed by atoms with van der Waals surface area (Å²) in [7, 11) is 0. The number of halogens is 2. The van der Waals surface area contributed by atoms with E-state index in [1.807, 2.05) is 13.0 Å². The Hall–Kier alpha value is -0.900. The number of nitrogens with two attached hydrogens (primary N) is 1. The average molecular weight is 242 g/mol. The molecule has 1 aromatic carbocycles. The van der Waals surface area contributed by atoms with Crippen LogP contribution in [0, 0.1) is 0 Å². The summed E-state index contributed by atoms with van der Waals surface area (Å²) in [6.45, 7) is 1.85. The minimum absolute atomic E-state index is 0.186. The highest BCUT2D eigenvalue weighted by Gasteiger charge is 2.10. The van der Waals surface area contributed by atoms with E-state index in [2.05, 4.69) is 9.97 Å². The van der Waals surface area contributed by atoms with Gasteiger partial charge in [0, 0.05) is 16.5 Å². The predicted octanol–water partition coefficient (Wildman–Crippen LogP) is 2.96. The van der Waals surface area contributed by atoms with Gasteiger partial charge in [0.15, 0.2) is 0 Å². The third-order valence-corrected chi connectivity index (χ3v) is 2.50. The third kappa shape index (κ3) is 2.04. The summed E-state index contributed by atoms with van der Waals surface area (Å²) in [6.07, 6.45) is 0. The largest absolute Gasteiger partial charge is 0.323 e. The smallest absolute Gasteiger partial charge is 0.223 e. The van der Waals surface area contributed by atoms with Crippen molar-refractivity contribution in [2.75, 3.05) is 0 Å². The summed E-state index contributed by atoms with van der Waals surface area (Å²) in [5.74, 6) is 0. The Labute approximate surface area is 97.2 Å². The quantitative estimate of drug-likeness (QED) is 0.782. The summed E-state index contributed by atoms with van der Waals surface area (Å²) < 4.78 is 0. The van der Waals surface area contributed by atoms with Gasteiger partial charge in [0.1, 0.15) is 0 Å². The molecule has 0 fully saturated rings. The normalized spacial score (nSPS) is 13.1. The first kappa shape index (κ1) is 10.6. The van der Waals surface area contributed by atoms with Gasteiger partial charge in [0.2, 0.25) is 5.28 Å². The van der Waals surface area contributed by atoms with E-state index in [1.165, 1.54) is 0 Å². The summed E-state index contributed by atoms with van der Waals surface area (Å²) in [6, 6.07) is 5.20. The Morgan fingerprint density at radius 3 is 2.67 bits per heavy atom. The van der Waals surface area contributed by atoms with Crippen LogP contribution in [-0.2, 0) is 0 Å². The lowest BCUT2D eigenvalue weighted by atomic mass is 10.1. The van der Waals surface area contributed by atoms with E-state index >= 15 is 0 Å². The molecule has 15 heavy (non-hydrogen) atoms. The van der Waals surface area contributed by atoms with Gasteiger partial charge < -0.3 is 5.73 Å². The number of nitrogens with zero attached hydrogens (tertiary/aromatic N) is 2. The summed E-state index contributed by atoms with van der Waals surface area (Å²) in [5, 5.41) is 1.70. The molecule has 1 heterocycles. The van der Waals surface area contributed by atoms with E-state index in [4.69, 9.17) is 28.9 Å². The second-order valence-electron chi connectivity index (χ2n) is 3.33. The molecule has 78 valence electrons. The Morgan fingerprint density at radius 1 is 1.27 bits per heavy atom. The van der Waals surface area contributed by atoms with Crippen LogP contribution in [0.15, 0.2) is 18.2 Å². The van der Waals surface area contributed by atoms with E-state index in [-0.39, 0.29) is 11.3 Å². The van der Waals surface area contributed by atoms with E-state index in [0.717, 1.165) is 16.6 Å². The fraction of sp³-hybridized carbons (Fsp3) is 0.200. The van der Waals surface area contributed by atoms with Gasteiger partial charge in [-0.3, -0.25) is 0 Å². The molecule has 0 radical (unpaired) electrons. The van der Waals surface area contributed by atoms with Gasteiger partial charge in [-0.15, -0.1) is 0 Å². The Morgan fingerprint density at radius 2 is 2.00 bits per heavy atom.